The van der Waals surface area contributed by atoms with Crippen LogP contribution in [0, 0.1) is 0 Å². The zero-order valence-electron chi connectivity index (χ0n) is 13.6. The second-order valence-corrected chi connectivity index (χ2v) is 5.91. The van der Waals surface area contributed by atoms with E-state index < -0.39 is 0 Å². The summed E-state index contributed by atoms with van der Waals surface area (Å²) >= 11 is 0. The van der Waals surface area contributed by atoms with E-state index in [9.17, 15) is 9.59 Å². The molecule has 5 heteroatoms. The average Bonchev–Trinajstić information content (AvgIpc) is 2.55. The average molecular weight is 321 g/mol. The highest BCUT2D eigenvalue weighted by atomic mass is 16.2. The van der Waals surface area contributed by atoms with Gasteiger partial charge < -0.3 is 10.3 Å². The summed E-state index contributed by atoms with van der Waals surface area (Å²) in [5, 5.41) is 4.65. The van der Waals surface area contributed by atoms with Crippen LogP contribution in [-0.2, 0) is 4.79 Å². The summed E-state index contributed by atoms with van der Waals surface area (Å²) in [6, 6.07) is 16.3. The molecule has 1 unspecified atom stereocenters. The number of hydrogen-bond donors (Lipinski definition) is 2. The summed E-state index contributed by atoms with van der Waals surface area (Å²) in [4.78, 5) is 28.7. The lowest BCUT2D eigenvalue weighted by atomic mass is 10.0. The Kier molecular flexibility index (Phi) is 4.44. The molecule has 2 aromatic carbocycles. The van der Waals surface area contributed by atoms with Gasteiger partial charge in [0.1, 0.15) is 6.04 Å². The number of likely N-dealkylation sites (N-methyl/N-ethyl adjacent to an activating group) is 1. The van der Waals surface area contributed by atoms with Gasteiger partial charge >= 0.3 is 0 Å². The Morgan fingerprint density at radius 3 is 2.50 bits per heavy atom. The molecule has 0 fully saturated rings. The number of benzene rings is 2. The zero-order chi connectivity index (χ0) is 17.1. The van der Waals surface area contributed by atoms with Gasteiger partial charge in [-0.15, -0.1) is 0 Å². The molecule has 0 saturated heterocycles. The molecule has 2 N–H and O–H groups in total. The summed E-state index contributed by atoms with van der Waals surface area (Å²) in [5.41, 5.74) is 1.43. The first kappa shape index (κ1) is 16.0. The van der Waals surface area contributed by atoms with Gasteiger partial charge in [0.15, 0.2) is 0 Å². The van der Waals surface area contributed by atoms with Crippen molar-refractivity contribution in [2.75, 3.05) is 19.4 Å². The van der Waals surface area contributed by atoms with Gasteiger partial charge in [0.05, 0.1) is 0 Å². The largest absolute Gasteiger partial charge is 0.328 e. The number of anilines is 1. The molecule has 1 heterocycles. The SMILES string of the molecule is CN(C)C(C(=O)Nc1ccc2c[nH]c(=O)cc2c1)c1ccccc1. The number of aromatic nitrogens is 1. The Morgan fingerprint density at radius 2 is 1.79 bits per heavy atom. The van der Waals surface area contributed by atoms with E-state index in [0.29, 0.717) is 5.69 Å². The number of fused-ring (bicyclic) bond motifs is 1. The van der Waals surface area contributed by atoms with Gasteiger partial charge in [-0.25, -0.2) is 0 Å². The number of carbonyl (C=O) groups excluding carboxylic acids is 1. The first-order valence-corrected chi connectivity index (χ1v) is 7.69. The lowest BCUT2D eigenvalue weighted by molar-refractivity contribution is -0.120. The van der Waals surface area contributed by atoms with E-state index in [2.05, 4.69) is 10.3 Å². The van der Waals surface area contributed by atoms with Crippen LogP contribution in [0.3, 0.4) is 0 Å². The van der Waals surface area contributed by atoms with Crippen LogP contribution in [0.5, 0.6) is 0 Å². The van der Waals surface area contributed by atoms with Crippen molar-refractivity contribution in [1.29, 1.82) is 0 Å². The highest BCUT2D eigenvalue weighted by Crippen LogP contribution is 2.22. The fraction of sp³-hybridized carbons (Fsp3) is 0.158. The topological polar surface area (TPSA) is 65.2 Å². The first-order chi connectivity index (χ1) is 11.5. The molecule has 1 amide bonds. The van der Waals surface area contributed by atoms with Crippen LogP contribution in [0.1, 0.15) is 11.6 Å². The monoisotopic (exact) mass is 321 g/mol. The van der Waals surface area contributed by atoms with Crippen molar-refractivity contribution in [2.45, 2.75) is 6.04 Å². The Hall–Kier alpha value is -2.92. The van der Waals surface area contributed by atoms with Crippen molar-refractivity contribution in [2.24, 2.45) is 0 Å². The Bertz CT molecular complexity index is 917. The van der Waals surface area contributed by atoms with Gasteiger partial charge in [0.2, 0.25) is 11.5 Å². The number of aromatic amines is 1. The van der Waals surface area contributed by atoms with E-state index in [1.165, 1.54) is 6.07 Å². The standard InChI is InChI=1S/C19H19N3O2/c1-22(2)18(13-6-4-3-5-7-13)19(24)21-16-9-8-14-12-20-17(23)11-15(14)10-16/h3-12,18H,1-2H3,(H,20,23)(H,21,24). The van der Waals surface area contributed by atoms with Gasteiger partial charge in [-0.3, -0.25) is 14.5 Å². The van der Waals surface area contributed by atoms with E-state index in [4.69, 9.17) is 0 Å². The molecule has 24 heavy (non-hydrogen) atoms. The molecular formula is C19H19N3O2. The van der Waals surface area contributed by atoms with Gasteiger partial charge in [-0.2, -0.15) is 0 Å². The van der Waals surface area contributed by atoms with E-state index in [0.717, 1.165) is 16.3 Å². The quantitative estimate of drug-likeness (QED) is 0.776. The molecule has 5 nitrogen and oxygen atoms in total. The molecule has 0 aliphatic carbocycles. The van der Waals surface area contributed by atoms with E-state index in [1.807, 2.05) is 61.5 Å². The second kappa shape index (κ2) is 6.68. The van der Waals surface area contributed by atoms with E-state index >= 15 is 0 Å². The molecule has 0 spiro atoms. The van der Waals surface area contributed by atoms with Crippen molar-refractivity contribution < 1.29 is 4.79 Å². The fourth-order valence-electron chi connectivity index (χ4n) is 2.77. The van der Waals surface area contributed by atoms with Crippen molar-refractivity contribution >= 4 is 22.4 Å². The third kappa shape index (κ3) is 3.36. The van der Waals surface area contributed by atoms with E-state index in [-0.39, 0.29) is 17.5 Å². The van der Waals surface area contributed by atoms with E-state index in [1.54, 1.807) is 12.3 Å². The molecule has 0 bridgehead atoms. The summed E-state index contributed by atoms with van der Waals surface area (Å²) in [6.07, 6.45) is 1.66. The summed E-state index contributed by atoms with van der Waals surface area (Å²) < 4.78 is 0. The van der Waals surface area contributed by atoms with Crippen molar-refractivity contribution in [1.82, 2.24) is 9.88 Å². The summed E-state index contributed by atoms with van der Waals surface area (Å²) in [6.45, 7) is 0. The van der Waals surface area contributed by atoms with Gasteiger partial charge in [0, 0.05) is 18.0 Å². The van der Waals surface area contributed by atoms with Crippen LogP contribution >= 0.6 is 0 Å². The van der Waals surface area contributed by atoms with Gasteiger partial charge in [0.25, 0.3) is 0 Å². The van der Waals surface area contributed by atoms with Crippen LogP contribution in [0.15, 0.2) is 65.6 Å². The van der Waals surface area contributed by atoms with Crippen LogP contribution in [-0.4, -0.2) is 29.9 Å². The minimum absolute atomic E-state index is 0.115. The van der Waals surface area contributed by atoms with Crippen molar-refractivity contribution in [3.8, 4) is 0 Å². The Balaban J connectivity index is 1.88. The zero-order valence-corrected chi connectivity index (χ0v) is 13.6. The number of carbonyl (C=O) groups is 1. The number of nitrogens with one attached hydrogen (secondary N) is 2. The minimum atomic E-state index is -0.388. The summed E-state index contributed by atoms with van der Waals surface area (Å²) in [7, 11) is 3.74. The second-order valence-electron chi connectivity index (χ2n) is 5.91. The predicted octanol–water partition coefficient (Wildman–Crippen LogP) is 2.77. The molecular weight excluding hydrogens is 302 g/mol. The highest BCUT2D eigenvalue weighted by molar-refractivity contribution is 5.97. The number of nitrogens with zero attached hydrogens (tertiary/aromatic N) is 1. The highest BCUT2D eigenvalue weighted by Gasteiger charge is 2.22. The van der Waals surface area contributed by atoms with Crippen molar-refractivity contribution in [3.05, 3.63) is 76.7 Å². The Labute approximate surface area is 139 Å². The maximum Gasteiger partial charge on any atom is 0.248 e. The molecule has 0 saturated carbocycles. The van der Waals surface area contributed by atoms with Crippen molar-refractivity contribution in [3.63, 3.8) is 0 Å². The normalized spacial score (nSPS) is 12.3. The van der Waals surface area contributed by atoms with Gasteiger partial charge in [-0.05, 0) is 42.6 Å². The minimum Gasteiger partial charge on any atom is -0.328 e. The van der Waals surface area contributed by atoms with Crippen LogP contribution in [0.4, 0.5) is 5.69 Å². The number of pyridine rings is 1. The molecule has 1 atom stereocenters. The van der Waals surface area contributed by atoms with Crippen LogP contribution in [0.25, 0.3) is 10.8 Å². The Morgan fingerprint density at radius 1 is 1.04 bits per heavy atom. The fourth-order valence-corrected chi connectivity index (χ4v) is 2.77. The first-order valence-electron chi connectivity index (χ1n) is 7.69. The van der Waals surface area contributed by atoms with Crippen LogP contribution in [0.2, 0.25) is 0 Å². The molecule has 1 aromatic heterocycles. The lowest BCUT2D eigenvalue weighted by Crippen LogP contribution is -2.32. The third-order valence-corrected chi connectivity index (χ3v) is 3.89. The number of amides is 1. The van der Waals surface area contributed by atoms with Crippen LogP contribution < -0.4 is 10.9 Å². The number of H-pyrrole nitrogens is 1. The maximum absolute atomic E-state index is 12.7. The summed E-state index contributed by atoms with van der Waals surface area (Å²) in [5.74, 6) is -0.115. The molecule has 0 aliphatic heterocycles. The number of rotatable bonds is 4. The van der Waals surface area contributed by atoms with Gasteiger partial charge in [-0.1, -0.05) is 36.4 Å². The molecule has 122 valence electrons. The predicted molar refractivity (Wildman–Crippen MR) is 96.1 cm³/mol. The number of hydrogen-bond acceptors (Lipinski definition) is 3. The molecule has 0 aliphatic rings. The third-order valence-electron chi connectivity index (χ3n) is 3.89. The molecule has 0 radical (unpaired) electrons. The lowest BCUT2D eigenvalue weighted by Gasteiger charge is -2.24. The molecule has 3 rings (SSSR count). The smallest absolute Gasteiger partial charge is 0.248 e. The maximum atomic E-state index is 12.7. The molecule has 3 aromatic rings.